The number of nitrogens with one attached hydrogen (secondary N) is 1. The first-order valence-electron chi connectivity index (χ1n) is 6.12. The summed E-state index contributed by atoms with van der Waals surface area (Å²) in [5.41, 5.74) is -1.62. The van der Waals surface area contributed by atoms with Crippen molar-refractivity contribution in [1.29, 1.82) is 0 Å². The number of ether oxygens (including phenoxy) is 1. The van der Waals surface area contributed by atoms with Crippen LogP contribution in [0.5, 0.6) is 0 Å². The smallest absolute Gasteiger partial charge is 0.374 e. The van der Waals surface area contributed by atoms with Gasteiger partial charge in [0.05, 0.1) is 12.7 Å². The van der Waals surface area contributed by atoms with Gasteiger partial charge < -0.3 is 10.1 Å². The zero-order valence-corrected chi connectivity index (χ0v) is 10.0. The molecule has 0 bridgehead atoms. The standard InChI is InChI=1S/C11H19F3N2O/c1-2-16-5-6-17-9(8-16)7-15-10(3-4-10)11(12,13)14/h9,15H,2-8H2,1H3. The lowest BCUT2D eigenvalue weighted by atomic mass is 10.2. The Morgan fingerprint density at radius 2 is 2.12 bits per heavy atom. The van der Waals surface area contributed by atoms with Crippen LogP contribution < -0.4 is 5.32 Å². The maximum Gasteiger partial charge on any atom is 0.406 e. The predicted octanol–water partition coefficient (Wildman–Crippen LogP) is 1.39. The summed E-state index contributed by atoms with van der Waals surface area (Å²) in [6, 6.07) is 0. The van der Waals surface area contributed by atoms with Gasteiger partial charge in [-0.25, -0.2) is 0 Å². The first-order chi connectivity index (χ1) is 7.97. The monoisotopic (exact) mass is 252 g/mol. The van der Waals surface area contributed by atoms with Gasteiger partial charge in [0.25, 0.3) is 0 Å². The summed E-state index contributed by atoms with van der Waals surface area (Å²) >= 11 is 0. The summed E-state index contributed by atoms with van der Waals surface area (Å²) in [6.07, 6.45) is -3.86. The summed E-state index contributed by atoms with van der Waals surface area (Å²) in [4.78, 5) is 2.20. The van der Waals surface area contributed by atoms with E-state index in [4.69, 9.17) is 4.74 Å². The summed E-state index contributed by atoms with van der Waals surface area (Å²) < 4.78 is 43.5. The number of rotatable bonds is 4. The lowest BCUT2D eigenvalue weighted by Gasteiger charge is -2.33. The summed E-state index contributed by atoms with van der Waals surface area (Å²) in [6.45, 7) is 5.46. The quantitative estimate of drug-likeness (QED) is 0.818. The molecule has 1 saturated carbocycles. The van der Waals surface area contributed by atoms with Gasteiger partial charge in [-0.05, 0) is 19.4 Å². The van der Waals surface area contributed by atoms with Gasteiger partial charge in [-0.3, -0.25) is 4.90 Å². The van der Waals surface area contributed by atoms with Crippen molar-refractivity contribution in [2.75, 3.05) is 32.8 Å². The third-order valence-corrected chi connectivity index (χ3v) is 3.63. The molecule has 3 nitrogen and oxygen atoms in total. The van der Waals surface area contributed by atoms with Gasteiger partial charge >= 0.3 is 6.18 Å². The average Bonchev–Trinajstić information content (AvgIpc) is 3.07. The maximum absolute atomic E-state index is 12.7. The van der Waals surface area contributed by atoms with Crippen LogP contribution in [0, 0.1) is 0 Å². The highest BCUT2D eigenvalue weighted by atomic mass is 19.4. The third kappa shape index (κ3) is 2.92. The molecule has 0 spiro atoms. The second kappa shape index (κ2) is 4.74. The lowest BCUT2D eigenvalue weighted by molar-refractivity contribution is -0.167. The van der Waals surface area contributed by atoms with Crippen molar-refractivity contribution in [1.82, 2.24) is 10.2 Å². The van der Waals surface area contributed by atoms with Crippen molar-refractivity contribution < 1.29 is 17.9 Å². The van der Waals surface area contributed by atoms with Crippen molar-refractivity contribution in [3.05, 3.63) is 0 Å². The van der Waals surface area contributed by atoms with Crippen LogP contribution in [0.3, 0.4) is 0 Å². The zero-order valence-electron chi connectivity index (χ0n) is 10.0. The molecule has 0 radical (unpaired) electrons. The van der Waals surface area contributed by atoms with Crippen LogP contribution in [-0.2, 0) is 4.74 Å². The molecular formula is C11H19F3N2O. The number of alkyl halides is 3. The normalized spacial score (nSPS) is 29.3. The number of nitrogens with zero attached hydrogens (tertiary/aromatic N) is 1. The van der Waals surface area contributed by atoms with Crippen LogP contribution in [0.2, 0.25) is 0 Å². The largest absolute Gasteiger partial charge is 0.406 e. The molecule has 1 aliphatic heterocycles. The Morgan fingerprint density at radius 3 is 2.65 bits per heavy atom. The van der Waals surface area contributed by atoms with Crippen LogP contribution in [-0.4, -0.2) is 55.5 Å². The second-order valence-electron chi connectivity index (χ2n) is 4.85. The molecule has 2 rings (SSSR count). The highest BCUT2D eigenvalue weighted by Gasteiger charge is 2.63. The minimum Gasteiger partial charge on any atom is -0.374 e. The molecule has 6 heteroatoms. The van der Waals surface area contributed by atoms with E-state index in [9.17, 15) is 13.2 Å². The van der Waals surface area contributed by atoms with Crippen molar-refractivity contribution >= 4 is 0 Å². The van der Waals surface area contributed by atoms with Crippen molar-refractivity contribution in [3.63, 3.8) is 0 Å². The van der Waals surface area contributed by atoms with E-state index in [1.165, 1.54) is 0 Å². The summed E-state index contributed by atoms with van der Waals surface area (Å²) in [5.74, 6) is 0. The van der Waals surface area contributed by atoms with Crippen LogP contribution in [0.15, 0.2) is 0 Å². The molecule has 1 unspecified atom stereocenters. The van der Waals surface area contributed by atoms with E-state index in [-0.39, 0.29) is 25.5 Å². The molecule has 2 aliphatic rings. The Balaban J connectivity index is 1.79. The average molecular weight is 252 g/mol. The van der Waals surface area contributed by atoms with Crippen molar-refractivity contribution in [2.45, 2.75) is 37.6 Å². The number of morpholine rings is 1. The van der Waals surface area contributed by atoms with Crippen LogP contribution in [0.1, 0.15) is 19.8 Å². The number of likely N-dealkylation sites (N-methyl/N-ethyl adjacent to an activating group) is 1. The van der Waals surface area contributed by atoms with E-state index in [1.807, 2.05) is 6.92 Å². The molecule has 0 aromatic carbocycles. The van der Waals surface area contributed by atoms with Crippen LogP contribution >= 0.6 is 0 Å². The first kappa shape index (κ1) is 13.1. The minimum absolute atomic E-state index is 0.122. The van der Waals surface area contributed by atoms with E-state index in [0.717, 1.165) is 19.6 Å². The summed E-state index contributed by atoms with van der Waals surface area (Å²) in [7, 11) is 0. The predicted molar refractivity (Wildman–Crippen MR) is 57.9 cm³/mol. The molecule has 1 aliphatic carbocycles. The molecule has 1 atom stereocenters. The molecular weight excluding hydrogens is 233 g/mol. The Morgan fingerprint density at radius 1 is 1.41 bits per heavy atom. The molecule has 0 aromatic rings. The number of hydrogen-bond donors (Lipinski definition) is 1. The SMILES string of the molecule is CCN1CCOC(CNC2(C(F)(F)F)CC2)C1. The van der Waals surface area contributed by atoms with Crippen molar-refractivity contribution in [2.24, 2.45) is 0 Å². The molecule has 1 heterocycles. The molecule has 0 amide bonds. The van der Waals surface area contributed by atoms with E-state index in [0.29, 0.717) is 6.61 Å². The third-order valence-electron chi connectivity index (χ3n) is 3.63. The first-order valence-corrected chi connectivity index (χ1v) is 6.12. The van der Waals surface area contributed by atoms with Gasteiger partial charge in [-0.2, -0.15) is 13.2 Å². The van der Waals surface area contributed by atoms with Gasteiger partial charge in [-0.1, -0.05) is 6.92 Å². The topological polar surface area (TPSA) is 24.5 Å². The highest BCUT2D eigenvalue weighted by molar-refractivity contribution is 5.08. The van der Waals surface area contributed by atoms with Crippen LogP contribution in [0.4, 0.5) is 13.2 Å². The minimum atomic E-state index is -4.13. The lowest BCUT2D eigenvalue weighted by Crippen LogP contribution is -2.52. The molecule has 2 fully saturated rings. The Bertz CT molecular complexity index is 266. The molecule has 17 heavy (non-hydrogen) atoms. The maximum atomic E-state index is 12.7. The Hall–Kier alpha value is -0.330. The van der Waals surface area contributed by atoms with Gasteiger partial charge in [0, 0.05) is 19.6 Å². The van der Waals surface area contributed by atoms with E-state index < -0.39 is 11.7 Å². The molecule has 1 N–H and O–H groups in total. The van der Waals surface area contributed by atoms with E-state index in [2.05, 4.69) is 10.2 Å². The van der Waals surface area contributed by atoms with Gasteiger partial charge in [-0.15, -0.1) is 0 Å². The Labute approximate surface area is 99.3 Å². The van der Waals surface area contributed by atoms with Crippen molar-refractivity contribution in [3.8, 4) is 0 Å². The highest BCUT2D eigenvalue weighted by Crippen LogP contribution is 2.48. The number of halogens is 3. The zero-order chi connectivity index (χ0) is 12.5. The molecule has 100 valence electrons. The molecule has 1 saturated heterocycles. The fourth-order valence-corrected chi connectivity index (χ4v) is 2.19. The fraction of sp³-hybridized carbons (Fsp3) is 1.00. The van der Waals surface area contributed by atoms with Crippen LogP contribution in [0.25, 0.3) is 0 Å². The van der Waals surface area contributed by atoms with Gasteiger partial charge in [0.1, 0.15) is 5.54 Å². The second-order valence-corrected chi connectivity index (χ2v) is 4.85. The number of hydrogen-bond acceptors (Lipinski definition) is 3. The van der Waals surface area contributed by atoms with Gasteiger partial charge in [0.15, 0.2) is 0 Å². The van der Waals surface area contributed by atoms with E-state index >= 15 is 0 Å². The Kier molecular flexibility index (Phi) is 3.66. The fourth-order valence-electron chi connectivity index (χ4n) is 2.19. The van der Waals surface area contributed by atoms with E-state index in [1.54, 1.807) is 0 Å². The molecule has 0 aromatic heterocycles. The van der Waals surface area contributed by atoms with Gasteiger partial charge in [0.2, 0.25) is 0 Å². The summed E-state index contributed by atoms with van der Waals surface area (Å²) in [5, 5.41) is 2.65.